The molecule has 27 heavy (non-hydrogen) atoms. The van der Waals surface area contributed by atoms with Gasteiger partial charge in [-0.3, -0.25) is 19.4 Å². The van der Waals surface area contributed by atoms with Gasteiger partial charge in [0.05, 0.1) is 19.2 Å². The summed E-state index contributed by atoms with van der Waals surface area (Å²) in [4.78, 5) is 50.0. The van der Waals surface area contributed by atoms with Gasteiger partial charge in [0.1, 0.15) is 12.1 Å². The second kappa shape index (κ2) is 12.4. The lowest BCUT2D eigenvalue weighted by Crippen LogP contribution is -2.57. The zero-order valence-electron chi connectivity index (χ0n) is 15.0. The van der Waals surface area contributed by atoms with E-state index in [0.717, 1.165) is 0 Å². The van der Waals surface area contributed by atoms with Gasteiger partial charge in [0.25, 0.3) is 0 Å². The summed E-state index contributed by atoms with van der Waals surface area (Å²) in [6.07, 6.45) is -0.994. The highest BCUT2D eigenvalue weighted by Crippen LogP contribution is 2.01. The van der Waals surface area contributed by atoms with Gasteiger partial charge in [-0.1, -0.05) is 0 Å². The van der Waals surface area contributed by atoms with Crippen molar-refractivity contribution in [1.82, 2.24) is 16.0 Å². The largest absolute Gasteiger partial charge is 0.480 e. The van der Waals surface area contributed by atoms with E-state index in [9.17, 15) is 29.4 Å². The van der Waals surface area contributed by atoms with Crippen molar-refractivity contribution in [2.75, 3.05) is 19.6 Å². The molecule has 13 heteroatoms. The van der Waals surface area contributed by atoms with Crippen LogP contribution in [-0.4, -0.2) is 77.7 Å². The van der Waals surface area contributed by atoms with Crippen molar-refractivity contribution >= 4 is 29.7 Å². The van der Waals surface area contributed by atoms with Gasteiger partial charge in [-0.15, -0.1) is 0 Å². The Bertz CT molecular complexity index is 562. The number of aliphatic hydroxyl groups excluding tert-OH is 1. The summed E-state index contributed by atoms with van der Waals surface area (Å²) < 4.78 is 0. The molecule has 3 atom stereocenters. The Morgan fingerprint density at radius 1 is 1.11 bits per heavy atom. The van der Waals surface area contributed by atoms with E-state index in [-0.39, 0.29) is 31.9 Å². The van der Waals surface area contributed by atoms with E-state index in [4.69, 9.17) is 17.2 Å². The van der Waals surface area contributed by atoms with Crippen molar-refractivity contribution in [1.29, 1.82) is 0 Å². The molecule has 0 aliphatic rings. The van der Waals surface area contributed by atoms with Crippen LogP contribution in [0.5, 0.6) is 0 Å². The zero-order valence-corrected chi connectivity index (χ0v) is 15.0. The van der Waals surface area contributed by atoms with Gasteiger partial charge in [-0.2, -0.15) is 0 Å². The molecule has 13 nitrogen and oxygen atoms in total. The molecule has 11 N–H and O–H groups in total. The van der Waals surface area contributed by atoms with E-state index in [0.29, 0.717) is 0 Å². The molecule has 0 saturated heterocycles. The molecule has 0 spiro atoms. The summed E-state index contributed by atoms with van der Waals surface area (Å²) in [5, 5.41) is 25.6. The zero-order chi connectivity index (χ0) is 21.0. The molecule has 0 radical (unpaired) electrons. The van der Waals surface area contributed by atoms with Gasteiger partial charge in [0.15, 0.2) is 5.96 Å². The van der Waals surface area contributed by atoms with Crippen LogP contribution >= 0.6 is 0 Å². The number of carbonyl (C=O) groups excluding carboxylic acids is 3. The molecule has 0 bridgehead atoms. The monoisotopic (exact) mass is 389 g/mol. The van der Waals surface area contributed by atoms with Crippen molar-refractivity contribution < 1.29 is 29.4 Å². The van der Waals surface area contributed by atoms with Crippen LogP contribution in [0, 0.1) is 0 Å². The molecule has 0 aliphatic carbocycles. The Labute approximate surface area is 155 Å². The summed E-state index contributed by atoms with van der Waals surface area (Å²) in [5.74, 6) is -3.64. The molecule has 3 amide bonds. The number of nitrogens with two attached hydrogens (primary N) is 3. The van der Waals surface area contributed by atoms with Crippen molar-refractivity contribution in [2.45, 2.75) is 38.0 Å². The third-order valence-corrected chi connectivity index (χ3v) is 3.27. The molecule has 0 heterocycles. The Balaban J connectivity index is 4.77. The second-order valence-electron chi connectivity index (χ2n) is 5.61. The van der Waals surface area contributed by atoms with Crippen LogP contribution in [0.3, 0.4) is 0 Å². The molecule has 0 rings (SSSR count). The lowest BCUT2D eigenvalue weighted by molar-refractivity contribution is -0.143. The fourth-order valence-electron chi connectivity index (χ4n) is 1.90. The maximum Gasteiger partial charge on any atom is 0.326 e. The van der Waals surface area contributed by atoms with Gasteiger partial charge in [-0.05, 0) is 19.8 Å². The summed E-state index contributed by atoms with van der Waals surface area (Å²) >= 11 is 0. The normalized spacial score (nSPS) is 13.6. The van der Waals surface area contributed by atoms with E-state index in [1.807, 2.05) is 0 Å². The average molecular weight is 389 g/mol. The van der Waals surface area contributed by atoms with Crippen LogP contribution in [0.15, 0.2) is 4.99 Å². The summed E-state index contributed by atoms with van der Waals surface area (Å²) in [6, 6.07) is -2.67. The standard InChI is InChI=1S/C14H27N7O6/c1-7(22)11(21-10(24)6-19-9(23)5-15)12(25)20-8(13(26)27)3-2-4-18-14(16)17/h7-8,11,22H,2-6,15H2,1H3,(H,19,23)(H,20,25)(H,21,24)(H,26,27)(H4,16,17,18). The molecular weight excluding hydrogens is 362 g/mol. The van der Waals surface area contributed by atoms with E-state index in [2.05, 4.69) is 20.9 Å². The van der Waals surface area contributed by atoms with Crippen LogP contribution < -0.4 is 33.2 Å². The van der Waals surface area contributed by atoms with Crippen molar-refractivity contribution in [3.8, 4) is 0 Å². The van der Waals surface area contributed by atoms with Crippen LogP contribution in [0.1, 0.15) is 19.8 Å². The number of amides is 3. The number of rotatable bonds is 12. The quantitative estimate of drug-likeness (QED) is 0.0911. The number of aliphatic hydroxyl groups is 1. The van der Waals surface area contributed by atoms with E-state index in [1.165, 1.54) is 6.92 Å². The summed E-state index contributed by atoms with van der Waals surface area (Å²) in [5.41, 5.74) is 15.4. The van der Waals surface area contributed by atoms with Crippen LogP contribution in [0.2, 0.25) is 0 Å². The number of nitrogens with one attached hydrogen (secondary N) is 3. The Kier molecular flexibility index (Phi) is 11.1. The van der Waals surface area contributed by atoms with E-state index in [1.54, 1.807) is 0 Å². The van der Waals surface area contributed by atoms with Crippen LogP contribution in [0.25, 0.3) is 0 Å². The fourth-order valence-corrected chi connectivity index (χ4v) is 1.90. The van der Waals surface area contributed by atoms with E-state index >= 15 is 0 Å². The first-order chi connectivity index (χ1) is 12.6. The molecule has 154 valence electrons. The summed E-state index contributed by atoms with van der Waals surface area (Å²) in [7, 11) is 0. The molecule has 0 fully saturated rings. The second-order valence-corrected chi connectivity index (χ2v) is 5.61. The minimum absolute atomic E-state index is 0.0326. The number of carbonyl (C=O) groups is 4. The maximum atomic E-state index is 12.2. The van der Waals surface area contributed by atoms with Gasteiger partial charge < -0.3 is 43.4 Å². The Morgan fingerprint density at radius 2 is 1.74 bits per heavy atom. The van der Waals surface area contributed by atoms with Crippen LogP contribution in [0.4, 0.5) is 0 Å². The van der Waals surface area contributed by atoms with Gasteiger partial charge >= 0.3 is 5.97 Å². The highest BCUT2D eigenvalue weighted by atomic mass is 16.4. The predicted octanol–water partition coefficient (Wildman–Crippen LogP) is -4.45. The molecule has 0 saturated carbocycles. The minimum atomic E-state index is -1.41. The van der Waals surface area contributed by atoms with Gasteiger partial charge in [-0.25, -0.2) is 4.79 Å². The molecule has 0 aromatic carbocycles. The fraction of sp³-hybridized carbons (Fsp3) is 0.643. The number of carboxylic acids is 1. The van der Waals surface area contributed by atoms with Gasteiger partial charge in [0, 0.05) is 6.54 Å². The topological polar surface area (TPSA) is 235 Å². The predicted molar refractivity (Wildman–Crippen MR) is 95.2 cm³/mol. The minimum Gasteiger partial charge on any atom is -0.480 e. The number of hydrogen-bond acceptors (Lipinski definition) is 7. The summed E-state index contributed by atoms with van der Waals surface area (Å²) in [6.45, 7) is 0.665. The number of aliphatic carboxylic acids is 1. The third-order valence-electron chi connectivity index (χ3n) is 3.27. The Hall–Kier alpha value is -2.93. The first-order valence-electron chi connectivity index (χ1n) is 8.11. The van der Waals surface area contributed by atoms with E-state index < -0.39 is 48.4 Å². The molecule has 3 unspecified atom stereocenters. The number of carboxylic acid groups (broad SMARTS) is 1. The van der Waals surface area contributed by atoms with Gasteiger partial charge in [0.2, 0.25) is 17.7 Å². The van der Waals surface area contributed by atoms with Crippen molar-refractivity contribution in [2.24, 2.45) is 22.2 Å². The highest BCUT2D eigenvalue weighted by Gasteiger charge is 2.29. The first kappa shape index (κ1) is 24.1. The lowest BCUT2D eigenvalue weighted by atomic mass is 10.1. The third kappa shape index (κ3) is 10.6. The molecular formula is C14H27N7O6. The maximum absolute atomic E-state index is 12.2. The number of hydrogen-bond donors (Lipinski definition) is 8. The van der Waals surface area contributed by atoms with Crippen molar-refractivity contribution in [3.63, 3.8) is 0 Å². The molecule has 0 aliphatic heterocycles. The lowest BCUT2D eigenvalue weighted by Gasteiger charge is -2.23. The van der Waals surface area contributed by atoms with Crippen LogP contribution in [-0.2, 0) is 19.2 Å². The average Bonchev–Trinajstić information content (AvgIpc) is 2.59. The van der Waals surface area contributed by atoms with Crippen molar-refractivity contribution in [3.05, 3.63) is 0 Å². The molecule has 0 aromatic rings. The smallest absolute Gasteiger partial charge is 0.326 e. The highest BCUT2D eigenvalue weighted by molar-refractivity contribution is 5.92. The number of guanidine groups is 1. The number of nitrogens with zero attached hydrogens (tertiary/aromatic N) is 1. The molecule has 0 aromatic heterocycles. The first-order valence-corrected chi connectivity index (χ1v) is 8.11. The number of aliphatic imine (C=N–C) groups is 1. The SMILES string of the molecule is CC(O)C(NC(=O)CNC(=O)CN)C(=O)NC(CCCN=C(N)N)C(=O)O. The Morgan fingerprint density at radius 3 is 2.22 bits per heavy atom.